The Morgan fingerprint density at radius 2 is 1.77 bits per heavy atom. The smallest absolute Gasteiger partial charge is 0.410 e. The van der Waals surface area contributed by atoms with E-state index in [2.05, 4.69) is 41.7 Å². The molecule has 4 rings (SSSR count). The second kappa shape index (κ2) is 14.8. The zero-order valence-electron chi connectivity index (χ0n) is 27.6. The molecule has 2 aromatic heterocycles. The summed E-state index contributed by atoms with van der Waals surface area (Å²) < 4.78 is 19.8. The van der Waals surface area contributed by atoms with Crippen molar-refractivity contribution in [2.45, 2.75) is 110 Å². The molecule has 0 spiro atoms. The molecule has 0 atom stereocenters. The molecule has 240 valence electrons. The van der Waals surface area contributed by atoms with E-state index in [-0.39, 0.29) is 11.6 Å². The number of amides is 1. The van der Waals surface area contributed by atoms with Crippen LogP contribution in [0.25, 0.3) is 0 Å². The monoisotopic (exact) mass is 598 g/mol. The summed E-state index contributed by atoms with van der Waals surface area (Å²) in [5.74, 6) is 2.95. The predicted molar refractivity (Wildman–Crippen MR) is 170 cm³/mol. The van der Waals surface area contributed by atoms with Gasteiger partial charge in [0.25, 0.3) is 0 Å². The third-order valence-electron chi connectivity index (χ3n) is 7.92. The molecule has 3 heterocycles. The average molecular weight is 599 g/mol. The van der Waals surface area contributed by atoms with Crippen LogP contribution in [0.3, 0.4) is 0 Å². The second-order valence-electron chi connectivity index (χ2n) is 14.0. The van der Waals surface area contributed by atoms with Crippen LogP contribution >= 0.6 is 0 Å². The van der Waals surface area contributed by atoms with E-state index < -0.39 is 5.60 Å². The maximum atomic E-state index is 12.3. The lowest BCUT2D eigenvalue weighted by Crippen LogP contribution is -2.35. The molecule has 1 aliphatic heterocycles. The number of anilines is 2. The molecule has 0 unspecified atom stereocenters. The number of aromatic nitrogens is 3. The highest BCUT2D eigenvalue weighted by atomic mass is 16.6. The number of rotatable bonds is 13. The zero-order valence-corrected chi connectivity index (χ0v) is 27.6. The summed E-state index contributed by atoms with van der Waals surface area (Å²) in [7, 11) is 1.75. The van der Waals surface area contributed by atoms with Crippen molar-refractivity contribution in [3.63, 3.8) is 0 Å². The van der Waals surface area contributed by atoms with Crippen molar-refractivity contribution >= 4 is 17.7 Å². The largest absolute Gasteiger partial charge is 0.490 e. The Morgan fingerprint density at radius 1 is 1.05 bits per heavy atom. The molecular formula is C33H54N6O4. The second-order valence-corrected chi connectivity index (χ2v) is 14.0. The lowest BCUT2D eigenvalue weighted by atomic mass is 10.0. The van der Waals surface area contributed by atoms with Crippen LogP contribution in [-0.2, 0) is 21.6 Å². The Morgan fingerprint density at radius 3 is 2.44 bits per heavy atom. The van der Waals surface area contributed by atoms with Gasteiger partial charge in [0, 0.05) is 38.7 Å². The molecular weight excluding hydrogens is 544 g/mol. The van der Waals surface area contributed by atoms with Crippen LogP contribution in [0.2, 0.25) is 0 Å². The molecule has 1 saturated heterocycles. The van der Waals surface area contributed by atoms with Crippen molar-refractivity contribution in [3.05, 3.63) is 29.6 Å². The number of carbonyl (C=O) groups excluding carboxylic acids is 1. The number of nitrogens with one attached hydrogen (secondary N) is 1. The van der Waals surface area contributed by atoms with Crippen molar-refractivity contribution in [2.24, 2.45) is 0 Å². The normalized spacial score (nSPS) is 16.5. The van der Waals surface area contributed by atoms with Crippen LogP contribution in [0.5, 0.6) is 5.75 Å². The summed E-state index contributed by atoms with van der Waals surface area (Å²) in [5.41, 5.74) is 1.23. The van der Waals surface area contributed by atoms with Crippen molar-refractivity contribution < 1.29 is 19.0 Å². The summed E-state index contributed by atoms with van der Waals surface area (Å²) in [4.78, 5) is 21.2. The van der Waals surface area contributed by atoms with Crippen LogP contribution in [0.4, 0.5) is 16.4 Å². The SMILES string of the molecule is CN(CCCOCc1nc(Nc2cc(C3CCCC3)nn2C(C)(C)C)ccc1OCCN1CCCC1)C(=O)OC(C)(C)C. The fraction of sp³-hybridized carbons (Fsp3) is 0.727. The molecule has 2 aliphatic rings. The highest BCUT2D eigenvalue weighted by Crippen LogP contribution is 2.36. The Balaban J connectivity index is 1.41. The van der Waals surface area contributed by atoms with Gasteiger partial charge in [0.15, 0.2) is 0 Å². The van der Waals surface area contributed by atoms with Gasteiger partial charge in [-0.2, -0.15) is 5.10 Å². The van der Waals surface area contributed by atoms with Gasteiger partial charge in [-0.05, 0) is 98.9 Å². The van der Waals surface area contributed by atoms with E-state index in [0.717, 1.165) is 48.4 Å². The van der Waals surface area contributed by atoms with Crippen LogP contribution < -0.4 is 10.1 Å². The van der Waals surface area contributed by atoms with Crippen molar-refractivity contribution in [3.8, 4) is 5.75 Å². The molecule has 1 saturated carbocycles. The summed E-state index contributed by atoms with van der Waals surface area (Å²) in [6.07, 6.45) is 7.85. The minimum Gasteiger partial charge on any atom is -0.490 e. The lowest BCUT2D eigenvalue weighted by Gasteiger charge is -2.24. The Labute approximate surface area is 258 Å². The van der Waals surface area contributed by atoms with Gasteiger partial charge in [-0.15, -0.1) is 0 Å². The van der Waals surface area contributed by atoms with Gasteiger partial charge < -0.3 is 24.4 Å². The highest BCUT2D eigenvalue weighted by molar-refractivity contribution is 5.67. The number of hydrogen-bond acceptors (Lipinski definition) is 8. The Hall–Kier alpha value is -2.85. The van der Waals surface area contributed by atoms with Gasteiger partial charge in [-0.25, -0.2) is 14.5 Å². The number of likely N-dealkylation sites (tertiary alicyclic amines) is 1. The van der Waals surface area contributed by atoms with Gasteiger partial charge in [-0.1, -0.05) is 12.8 Å². The fourth-order valence-electron chi connectivity index (χ4n) is 5.64. The van der Waals surface area contributed by atoms with E-state index in [1.165, 1.54) is 38.5 Å². The molecule has 0 aromatic carbocycles. The van der Waals surface area contributed by atoms with E-state index in [0.29, 0.717) is 38.7 Å². The quantitative estimate of drug-likeness (QED) is 0.255. The van der Waals surface area contributed by atoms with Crippen molar-refractivity contribution in [2.75, 3.05) is 51.8 Å². The first kappa shape index (κ1) is 33.1. The molecule has 1 amide bonds. The molecule has 2 fully saturated rings. The number of pyridine rings is 1. The maximum absolute atomic E-state index is 12.3. The Kier molecular flexibility index (Phi) is 11.3. The summed E-state index contributed by atoms with van der Waals surface area (Å²) in [5, 5.41) is 8.58. The number of ether oxygens (including phenoxy) is 3. The van der Waals surface area contributed by atoms with Gasteiger partial charge in [-0.3, -0.25) is 4.90 Å². The Bertz CT molecular complexity index is 1170. The van der Waals surface area contributed by atoms with Gasteiger partial charge in [0.05, 0.1) is 17.8 Å². The minimum atomic E-state index is -0.513. The van der Waals surface area contributed by atoms with Crippen molar-refractivity contribution in [1.29, 1.82) is 0 Å². The van der Waals surface area contributed by atoms with E-state index in [1.54, 1.807) is 11.9 Å². The maximum Gasteiger partial charge on any atom is 0.410 e. The zero-order chi connectivity index (χ0) is 31.0. The van der Waals surface area contributed by atoms with E-state index in [9.17, 15) is 4.79 Å². The number of nitrogens with zero attached hydrogens (tertiary/aromatic N) is 5. The molecule has 1 aliphatic carbocycles. The first-order valence-electron chi connectivity index (χ1n) is 16.1. The standard InChI is InChI=1S/C33H54N6O4/c1-32(2,3)39-30(23-26(36-39)25-13-8-9-14-25)35-29-16-15-28(42-22-20-38-18-10-11-19-38)27(34-29)24-41-21-12-17-37(7)31(40)43-33(4,5)6/h15-16,23,25H,8-14,17-22,24H2,1-7H3,(H,34,35). The summed E-state index contributed by atoms with van der Waals surface area (Å²) in [6, 6.07) is 6.16. The van der Waals surface area contributed by atoms with Crippen LogP contribution in [0, 0.1) is 0 Å². The first-order valence-corrected chi connectivity index (χ1v) is 16.1. The van der Waals surface area contributed by atoms with Crippen LogP contribution in [0.15, 0.2) is 18.2 Å². The third-order valence-corrected chi connectivity index (χ3v) is 7.92. The van der Waals surface area contributed by atoms with E-state index in [4.69, 9.17) is 24.3 Å². The number of carbonyl (C=O) groups is 1. The van der Waals surface area contributed by atoms with E-state index >= 15 is 0 Å². The lowest BCUT2D eigenvalue weighted by molar-refractivity contribution is 0.0275. The van der Waals surface area contributed by atoms with Gasteiger partial charge >= 0.3 is 6.09 Å². The molecule has 0 bridgehead atoms. The molecule has 2 aromatic rings. The molecule has 10 heteroatoms. The van der Waals surface area contributed by atoms with Crippen molar-refractivity contribution in [1.82, 2.24) is 24.6 Å². The van der Waals surface area contributed by atoms with E-state index in [1.807, 2.05) is 32.9 Å². The van der Waals surface area contributed by atoms with Gasteiger partial charge in [0.2, 0.25) is 0 Å². The number of hydrogen-bond donors (Lipinski definition) is 1. The topological polar surface area (TPSA) is 94.0 Å². The van der Waals surface area contributed by atoms with Crippen LogP contribution in [-0.4, -0.2) is 82.7 Å². The molecule has 1 N–H and O–H groups in total. The summed E-state index contributed by atoms with van der Waals surface area (Å²) in [6.45, 7) is 17.3. The van der Waals surface area contributed by atoms with Gasteiger partial charge in [0.1, 0.15) is 35.3 Å². The third kappa shape index (κ3) is 10.1. The van der Waals surface area contributed by atoms with Crippen LogP contribution in [0.1, 0.15) is 104 Å². The molecule has 0 radical (unpaired) electrons. The fourth-order valence-corrected chi connectivity index (χ4v) is 5.64. The minimum absolute atomic E-state index is 0.170. The highest BCUT2D eigenvalue weighted by Gasteiger charge is 2.26. The first-order chi connectivity index (χ1) is 20.4. The summed E-state index contributed by atoms with van der Waals surface area (Å²) >= 11 is 0. The average Bonchev–Trinajstić information content (AvgIpc) is 3.70. The molecule has 10 nitrogen and oxygen atoms in total. The predicted octanol–water partition coefficient (Wildman–Crippen LogP) is 6.68. The molecule has 43 heavy (non-hydrogen) atoms.